The number of nitrogens with two attached hydrogens (primary N) is 1. The van der Waals surface area contributed by atoms with Crippen molar-refractivity contribution in [2.45, 2.75) is 52.0 Å². The molecule has 2 rings (SSSR count). The maximum absolute atomic E-state index is 12.1. The average molecular weight is 338 g/mol. The molecule has 23 heavy (non-hydrogen) atoms. The maximum Gasteiger partial charge on any atom is 0.332 e. The van der Waals surface area contributed by atoms with Crippen LogP contribution in [0.4, 0.5) is 11.4 Å². The highest BCUT2D eigenvalue weighted by Crippen LogP contribution is 2.32. The number of ether oxygens (including phenoxy) is 1. The van der Waals surface area contributed by atoms with Gasteiger partial charge in [-0.3, -0.25) is 4.79 Å². The van der Waals surface area contributed by atoms with Gasteiger partial charge in [0.15, 0.2) is 6.10 Å². The number of anilines is 2. The van der Waals surface area contributed by atoms with E-state index in [2.05, 4.69) is 5.32 Å². The molecule has 0 spiro atoms. The van der Waals surface area contributed by atoms with Crippen molar-refractivity contribution >= 4 is 25.8 Å². The molecular formula is C16H26N2O4Si. The Morgan fingerprint density at radius 2 is 2.04 bits per heavy atom. The maximum atomic E-state index is 12.1. The van der Waals surface area contributed by atoms with E-state index in [1.807, 2.05) is 33.9 Å². The van der Waals surface area contributed by atoms with Crippen LogP contribution in [0, 0.1) is 0 Å². The summed E-state index contributed by atoms with van der Waals surface area (Å²) >= 11 is 0. The van der Waals surface area contributed by atoms with Gasteiger partial charge in [-0.15, -0.1) is 0 Å². The summed E-state index contributed by atoms with van der Waals surface area (Å²) in [6.45, 7) is 10.4. The van der Waals surface area contributed by atoms with Crippen molar-refractivity contribution in [3.63, 3.8) is 0 Å². The summed E-state index contributed by atoms with van der Waals surface area (Å²) in [5, 5.41) is 2.82. The number of carbonyl (C=O) groups is 1. The van der Waals surface area contributed by atoms with Crippen LogP contribution in [0.3, 0.4) is 0 Å². The zero-order chi connectivity index (χ0) is 17.3. The number of hydrogen-bond acceptors (Lipinski definition) is 5. The third-order valence-corrected chi connectivity index (χ3v) is 5.21. The lowest BCUT2D eigenvalue weighted by atomic mass is 10.1. The lowest BCUT2D eigenvalue weighted by molar-refractivity contribution is -0.124. The van der Waals surface area contributed by atoms with E-state index >= 15 is 0 Å². The van der Waals surface area contributed by atoms with E-state index in [1.54, 1.807) is 18.2 Å². The van der Waals surface area contributed by atoms with Gasteiger partial charge in [-0.05, 0) is 52.1 Å². The highest BCUT2D eigenvalue weighted by atomic mass is 28.4. The van der Waals surface area contributed by atoms with E-state index in [9.17, 15) is 4.79 Å². The first-order chi connectivity index (χ1) is 10.6. The summed E-state index contributed by atoms with van der Waals surface area (Å²) < 4.78 is 17.6. The minimum absolute atomic E-state index is 0.178. The quantitative estimate of drug-likeness (QED) is 0.637. The minimum atomic E-state index is -2.23. The molecule has 1 aliphatic rings. The molecule has 0 saturated heterocycles. The lowest BCUT2D eigenvalue weighted by Crippen LogP contribution is -2.44. The monoisotopic (exact) mass is 338 g/mol. The van der Waals surface area contributed by atoms with Gasteiger partial charge in [-0.1, -0.05) is 0 Å². The van der Waals surface area contributed by atoms with Crippen molar-refractivity contribution in [1.82, 2.24) is 0 Å². The third kappa shape index (κ3) is 5.23. The molecular weight excluding hydrogens is 312 g/mol. The van der Waals surface area contributed by atoms with E-state index in [1.165, 1.54) is 0 Å². The van der Waals surface area contributed by atoms with Gasteiger partial charge in [0, 0.05) is 18.7 Å². The Kier molecular flexibility index (Phi) is 5.03. The van der Waals surface area contributed by atoms with Gasteiger partial charge >= 0.3 is 8.56 Å². The number of carbonyl (C=O) groups excluding carboxylic acids is 1. The number of rotatable bonds is 5. The number of fused-ring (bicyclic) bond motifs is 1. The summed E-state index contributed by atoms with van der Waals surface area (Å²) in [4.78, 5) is 12.1. The average Bonchev–Trinajstić information content (AvgIpc) is 2.36. The van der Waals surface area contributed by atoms with Gasteiger partial charge in [0.05, 0.1) is 11.3 Å². The molecule has 0 aliphatic carbocycles. The van der Waals surface area contributed by atoms with Gasteiger partial charge in [0.1, 0.15) is 5.75 Å². The van der Waals surface area contributed by atoms with E-state index in [0.717, 1.165) is 0 Å². The molecule has 1 aromatic rings. The summed E-state index contributed by atoms with van der Waals surface area (Å²) in [6, 6.07) is 5.20. The van der Waals surface area contributed by atoms with Crippen molar-refractivity contribution in [2.24, 2.45) is 0 Å². The molecule has 128 valence electrons. The number of hydrogen-bond donors (Lipinski definition) is 2. The van der Waals surface area contributed by atoms with Gasteiger partial charge in [-0.2, -0.15) is 0 Å². The van der Waals surface area contributed by atoms with Crippen LogP contribution >= 0.6 is 0 Å². The Labute approximate surface area is 138 Å². The highest BCUT2D eigenvalue weighted by Gasteiger charge is 2.32. The standard InChI is InChI=1S/C16H26N2O4Si/c1-16(2,3)22-23(4,5)20-9-8-14-15(19)18-12-10-11(17)6-7-13(12)21-14/h6-7,10,14H,8-9,17H2,1-5H3,(H,18,19). The molecule has 0 aromatic heterocycles. The van der Waals surface area contributed by atoms with Gasteiger partial charge in [0.25, 0.3) is 5.91 Å². The predicted octanol–water partition coefficient (Wildman–Crippen LogP) is 2.89. The third-order valence-electron chi connectivity index (χ3n) is 3.20. The smallest absolute Gasteiger partial charge is 0.332 e. The Morgan fingerprint density at radius 1 is 1.35 bits per heavy atom. The summed E-state index contributed by atoms with van der Waals surface area (Å²) in [5.74, 6) is 0.453. The molecule has 1 heterocycles. The van der Waals surface area contributed by atoms with Crippen LogP contribution in [0.2, 0.25) is 13.1 Å². The largest absolute Gasteiger partial charge is 0.478 e. The Morgan fingerprint density at radius 3 is 2.70 bits per heavy atom. The van der Waals surface area contributed by atoms with Crippen LogP contribution in [-0.2, 0) is 13.6 Å². The van der Waals surface area contributed by atoms with Crippen LogP contribution < -0.4 is 15.8 Å². The number of nitrogen functional groups attached to an aromatic ring is 1. The predicted molar refractivity (Wildman–Crippen MR) is 92.8 cm³/mol. The van der Waals surface area contributed by atoms with E-state index < -0.39 is 14.7 Å². The fraction of sp³-hybridized carbons (Fsp3) is 0.562. The normalized spacial score (nSPS) is 18.1. The molecule has 7 heteroatoms. The van der Waals surface area contributed by atoms with Crippen LogP contribution in [0.1, 0.15) is 27.2 Å². The molecule has 0 radical (unpaired) electrons. The Balaban J connectivity index is 1.89. The van der Waals surface area contributed by atoms with Crippen LogP contribution in [0.5, 0.6) is 5.75 Å². The number of nitrogens with one attached hydrogen (secondary N) is 1. The van der Waals surface area contributed by atoms with Crippen molar-refractivity contribution in [2.75, 3.05) is 17.7 Å². The minimum Gasteiger partial charge on any atom is -0.478 e. The van der Waals surface area contributed by atoms with Crippen molar-refractivity contribution in [3.8, 4) is 5.75 Å². The fourth-order valence-electron chi connectivity index (χ4n) is 2.54. The number of amides is 1. The molecule has 1 atom stereocenters. The van der Waals surface area contributed by atoms with Crippen LogP contribution in [0.25, 0.3) is 0 Å². The van der Waals surface area contributed by atoms with E-state index in [0.29, 0.717) is 30.2 Å². The summed E-state index contributed by atoms with van der Waals surface area (Å²) in [7, 11) is -2.23. The molecule has 1 aromatic carbocycles. The molecule has 1 unspecified atom stereocenters. The van der Waals surface area contributed by atoms with E-state index in [4.69, 9.17) is 19.3 Å². The Bertz CT molecular complexity index is 584. The summed E-state index contributed by atoms with van der Waals surface area (Å²) in [6.07, 6.45) is -0.0925. The van der Waals surface area contributed by atoms with Gasteiger partial charge < -0.3 is 24.6 Å². The fourth-order valence-corrected chi connectivity index (χ4v) is 4.68. The lowest BCUT2D eigenvalue weighted by Gasteiger charge is -2.32. The first-order valence-electron chi connectivity index (χ1n) is 7.77. The zero-order valence-electron chi connectivity index (χ0n) is 14.4. The van der Waals surface area contributed by atoms with E-state index in [-0.39, 0.29) is 11.5 Å². The second-order valence-corrected chi connectivity index (χ2v) is 10.4. The second-order valence-electron chi connectivity index (χ2n) is 7.10. The highest BCUT2D eigenvalue weighted by molar-refractivity contribution is 6.64. The first-order valence-corrected chi connectivity index (χ1v) is 10.6. The first kappa shape index (κ1) is 17.8. The van der Waals surface area contributed by atoms with Crippen molar-refractivity contribution in [3.05, 3.63) is 18.2 Å². The second kappa shape index (κ2) is 6.50. The zero-order valence-corrected chi connectivity index (χ0v) is 15.4. The van der Waals surface area contributed by atoms with Crippen molar-refractivity contribution < 1.29 is 18.4 Å². The topological polar surface area (TPSA) is 82.8 Å². The molecule has 3 N–H and O–H groups in total. The SMILES string of the molecule is CC(C)(C)O[Si](C)(C)OCCC1Oc2ccc(N)cc2NC1=O. The molecule has 1 amide bonds. The Hall–Kier alpha value is -1.57. The molecule has 0 bridgehead atoms. The summed E-state index contributed by atoms with van der Waals surface area (Å²) in [5.41, 5.74) is 6.66. The molecule has 0 saturated carbocycles. The molecule has 1 aliphatic heterocycles. The van der Waals surface area contributed by atoms with Crippen LogP contribution in [0.15, 0.2) is 18.2 Å². The van der Waals surface area contributed by atoms with Crippen LogP contribution in [-0.4, -0.2) is 32.8 Å². The molecule has 6 nitrogen and oxygen atoms in total. The van der Waals surface area contributed by atoms with Gasteiger partial charge in [0.2, 0.25) is 0 Å². The molecule has 0 fully saturated rings. The van der Waals surface area contributed by atoms with Gasteiger partial charge in [-0.25, -0.2) is 0 Å². The number of benzene rings is 1. The van der Waals surface area contributed by atoms with Crippen molar-refractivity contribution in [1.29, 1.82) is 0 Å².